The number of hydrogen-bond donors (Lipinski definition) is 4. The maximum absolute atomic E-state index is 13.2. The van der Waals surface area contributed by atoms with Gasteiger partial charge in [0.1, 0.15) is 0 Å². The number of rotatable bonds is 8. The number of hydrogen-bond acceptors (Lipinski definition) is 10. The van der Waals surface area contributed by atoms with Crippen LogP contribution >= 0.6 is 0 Å². The van der Waals surface area contributed by atoms with Crippen molar-refractivity contribution < 1.29 is 38.4 Å². The Labute approximate surface area is 213 Å². The van der Waals surface area contributed by atoms with Gasteiger partial charge in [0.15, 0.2) is 23.0 Å². The Balaban J connectivity index is 1.61. The van der Waals surface area contributed by atoms with E-state index >= 15 is 0 Å². The van der Waals surface area contributed by atoms with Crippen LogP contribution in [0.5, 0.6) is 28.7 Å². The van der Waals surface area contributed by atoms with Gasteiger partial charge in [-0.15, -0.1) is 0 Å². The van der Waals surface area contributed by atoms with Crippen LogP contribution in [0.25, 0.3) is 0 Å². The first-order valence-corrected chi connectivity index (χ1v) is 12.1. The Morgan fingerprint density at radius 1 is 1.11 bits per heavy atom. The minimum Gasteiger partial charge on any atom is -0.502 e. The number of fused-ring (bicyclic) bond motifs is 3. The highest BCUT2D eigenvalue weighted by Gasteiger charge is 2.52. The van der Waals surface area contributed by atoms with E-state index in [4.69, 9.17) is 35.2 Å². The average molecular weight is 514 g/mol. The van der Waals surface area contributed by atoms with Crippen LogP contribution < -0.4 is 35.7 Å². The maximum Gasteiger partial charge on any atom is 0.310 e. The first kappa shape index (κ1) is 25.0. The summed E-state index contributed by atoms with van der Waals surface area (Å²) >= 11 is 0. The number of nitrogens with two attached hydrogens (primary N) is 2. The summed E-state index contributed by atoms with van der Waals surface area (Å²) < 4.78 is 27.7. The predicted molar refractivity (Wildman–Crippen MR) is 131 cm³/mol. The lowest BCUT2D eigenvalue weighted by Gasteiger charge is -2.39. The largest absolute Gasteiger partial charge is 0.502 e. The molecule has 2 aromatic carbocycles. The molecule has 5 rings (SSSR count). The molecule has 1 aliphatic carbocycles. The zero-order valence-corrected chi connectivity index (χ0v) is 20.7. The second kappa shape index (κ2) is 9.98. The number of phenolic OH excluding ortho intramolecular Hbond substituents is 1. The van der Waals surface area contributed by atoms with E-state index in [0.717, 1.165) is 16.7 Å². The number of carbonyl (C=O) groups is 2. The Hall–Kier alpha value is -3.70. The van der Waals surface area contributed by atoms with E-state index in [1.807, 2.05) is 12.1 Å². The monoisotopic (exact) mass is 513 g/mol. The molecule has 6 N–H and O–H groups in total. The van der Waals surface area contributed by atoms with E-state index < -0.39 is 17.9 Å². The molecule has 0 bridgehead atoms. The van der Waals surface area contributed by atoms with Crippen LogP contribution in [0.3, 0.4) is 0 Å². The lowest BCUT2D eigenvalue weighted by Crippen LogP contribution is -2.42. The summed E-state index contributed by atoms with van der Waals surface area (Å²) in [4.78, 5) is 25.7. The smallest absolute Gasteiger partial charge is 0.310 e. The summed E-state index contributed by atoms with van der Waals surface area (Å²) in [5, 5.41) is 13.4. The molecule has 5 atom stereocenters. The van der Waals surface area contributed by atoms with Gasteiger partial charge < -0.3 is 45.6 Å². The number of aromatic hydroxyl groups is 1. The number of esters is 1. The topological polar surface area (TPSA) is 165 Å². The Morgan fingerprint density at radius 2 is 1.76 bits per heavy atom. The number of carbonyl (C=O) groups excluding carboxylic acids is 2. The van der Waals surface area contributed by atoms with Gasteiger partial charge in [-0.05, 0) is 41.0 Å². The summed E-state index contributed by atoms with van der Waals surface area (Å²) in [5.74, 6) is -0.469. The maximum atomic E-state index is 13.2. The molecule has 0 aromatic heterocycles. The minimum absolute atomic E-state index is 0.0943. The van der Waals surface area contributed by atoms with Gasteiger partial charge in [-0.25, -0.2) is 0 Å². The van der Waals surface area contributed by atoms with Crippen LogP contribution in [-0.2, 0) is 14.3 Å². The summed E-state index contributed by atoms with van der Waals surface area (Å²) in [6, 6.07) is 6.78. The Bertz CT molecular complexity index is 1190. The van der Waals surface area contributed by atoms with Gasteiger partial charge in [-0.3, -0.25) is 9.59 Å². The van der Waals surface area contributed by atoms with E-state index in [1.165, 1.54) is 14.2 Å². The number of amides is 1. The summed E-state index contributed by atoms with van der Waals surface area (Å²) in [7, 11) is 2.90. The fraction of sp³-hybridized carbons (Fsp3) is 0.462. The van der Waals surface area contributed by atoms with Crippen molar-refractivity contribution in [3.8, 4) is 28.7 Å². The number of ether oxygens (including phenoxy) is 5. The summed E-state index contributed by atoms with van der Waals surface area (Å²) in [6.45, 7) is 0.799. The third-order valence-electron chi connectivity index (χ3n) is 7.47. The van der Waals surface area contributed by atoms with Crippen molar-refractivity contribution in [3.05, 3.63) is 41.0 Å². The number of methoxy groups -OCH3 is 2. The Kier molecular flexibility index (Phi) is 6.74. The van der Waals surface area contributed by atoms with E-state index in [9.17, 15) is 14.7 Å². The first-order chi connectivity index (χ1) is 17.9. The Morgan fingerprint density at radius 3 is 2.38 bits per heavy atom. The van der Waals surface area contributed by atoms with Crippen molar-refractivity contribution in [2.75, 3.05) is 40.7 Å². The van der Waals surface area contributed by atoms with E-state index in [1.54, 1.807) is 12.1 Å². The normalized spacial score (nSPS) is 24.1. The molecule has 3 aliphatic rings. The standard InChI is InChI=1S/C26H31N3O8/c1-33-20-3-12(4-21(34-2)25(20)31)23-15-7-19-18(36-11-37-19)6-14(15)16(17-10-35-26(32)24(17)23)9-29-22(30)5-13(28)8-27/h3-4,6-7,13,16-17,23-24,31H,5,8-11,27-28H2,1-2H3,(H,29,30)/t13?,16?,17-,23-,24+/m1/s1. The second-order valence-corrected chi connectivity index (χ2v) is 9.52. The average Bonchev–Trinajstić information content (AvgIpc) is 3.51. The molecule has 11 nitrogen and oxygen atoms in total. The quantitative estimate of drug-likeness (QED) is 0.374. The fourth-order valence-corrected chi connectivity index (χ4v) is 5.65. The van der Waals surface area contributed by atoms with Crippen molar-refractivity contribution in [1.82, 2.24) is 5.32 Å². The van der Waals surface area contributed by atoms with Gasteiger partial charge in [0.05, 0.1) is 26.7 Å². The molecule has 0 saturated carbocycles. The highest BCUT2D eigenvalue weighted by atomic mass is 16.7. The molecule has 0 radical (unpaired) electrons. The third kappa shape index (κ3) is 4.38. The van der Waals surface area contributed by atoms with Gasteiger partial charge in [-0.1, -0.05) is 0 Å². The van der Waals surface area contributed by atoms with Gasteiger partial charge in [0.25, 0.3) is 0 Å². The van der Waals surface area contributed by atoms with Gasteiger partial charge in [0.2, 0.25) is 18.4 Å². The van der Waals surface area contributed by atoms with Crippen molar-refractivity contribution in [3.63, 3.8) is 0 Å². The minimum atomic E-state index is -0.542. The molecule has 1 amide bonds. The molecule has 198 valence electrons. The molecule has 1 fully saturated rings. The fourth-order valence-electron chi connectivity index (χ4n) is 5.65. The van der Waals surface area contributed by atoms with E-state index in [2.05, 4.69) is 5.32 Å². The molecule has 2 aliphatic heterocycles. The highest BCUT2D eigenvalue weighted by Crippen LogP contribution is 2.56. The zero-order valence-electron chi connectivity index (χ0n) is 20.7. The van der Waals surface area contributed by atoms with E-state index in [-0.39, 0.29) is 73.9 Å². The summed E-state index contributed by atoms with van der Waals surface area (Å²) in [5.41, 5.74) is 13.9. The van der Waals surface area contributed by atoms with Crippen LogP contribution in [0.1, 0.15) is 34.9 Å². The second-order valence-electron chi connectivity index (χ2n) is 9.52. The molecule has 2 aromatic rings. The van der Waals surface area contributed by atoms with Crippen LogP contribution in [-0.4, -0.2) is 63.7 Å². The van der Waals surface area contributed by atoms with E-state index in [0.29, 0.717) is 11.5 Å². The molecular formula is C26H31N3O8. The van der Waals surface area contributed by atoms with Crippen LogP contribution in [0.4, 0.5) is 0 Å². The molecule has 0 spiro atoms. The van der Waals surface area contributed by atoms with Crippen molar-refractivity contribution in [2.45, 2.75) is 24.3 Å². The van der Waals surface area contributed by atoms with Crippen molar-refractivity contribution >= 4 is 11.9 Å². The molecule has 2 heterocycles. The first-order valence-electron chi connectivity index (χ1n) is 12.1. The third-order valence-corrected chi connectivity index (χ3v) is 7.47. The SMILES string of the molecule is COc1cc([C@@H]2c3cc4c(cc3C(CNC(=O)CC(N)CN)[C@H]3COC(=O)[C@H]23)OCO4)cc(OC)c1O. The summed E-state index contributed by atoms with van der Waals surface area (Å²) in [6.07, 6.45) is 0.108. The number of phenols is 1. The molecule has 2 unspecified atom stereocenters. The molecular weight excluding hydrogens is 482 g/mol. The highest BCUT2D eigenvalue weighted by molar-refractivity contribution is 5.80. The van der Waals surface area contributed by atoms with Gasteiger partial charge in [0, 0.05) is 43.3 Å². The van der Waals surface area contributed by atoms with Crippen LogP contribution in [0, 0.1) is 11.8 Å². The predicted octanol–water partition coefficient (Wildman–Crippen LogP) is 0.949. The number of cyclic esters (lactones) is 1. The lowest BCUT2D eigenvalue weighted by atomic mass is 9.62. The molecule has 11 heteroatoms. The van der Waals surface area contributed by atoms with Gasteiger partial charge >= 0.3 is 5.97 Å². The molecule has 1 saturated heterocycles. The lowest BCUT2D eigenvalue weighted by molar-refractivity contribution is -0.141. The van der Waals surface area contributed by atoms with Crippen molar-refractivity contribution in [2.24, 2.45) is 23.3 Å². The van der Waals surface area contributed by atoms with Gasteiger partial charge in [-0.2, -0.15) is 0 Å². The van der Waals surface area contributed by atoms with Crippen LogP contribution in [0.15, 0.2) is 24.3 Å². The zero-order chi connectivity index (χ0) is 26.3. The van der Waals surface area contributed by atoms with Crippen molar-refractivity contribution in [1.29, 1.82) is 0 Å². The number of benzene rings is 2. The molecule has 37 heavy (non-hydrogen) atoms. The van der Waals surface area contributed by atoms with Crippen LogP contribution in [0.2, 0.25) is 0 Å². The number of nitrogens with one attached hydrogen (secondary N) is 1.